The number of ketones is 1. The highest BCUT2D eigenvalue weighted by Gasteiger charge is 2.48. The number of aliphatic hydroxyl groups is 1. The molecule has 1 fully saturated rings. The highest BCUT2D eigenvalue weighted by atomic mass is 32.1. The Morgan fingerprint density at radius 2 is 1.50 bits per heavy atom. The van der Waals surface area contributed by atoms with Gasteiger partial charge in [-0.2, -0.15) is 0 Å². The van der Waals surface area contributed by atoms with Crippen LogP contribution in [0.25, 0.3) is 5.76 Å². The normalized spacial score (nSPS) is 18.3. The molecule has 3 aromatic rings. The standard InChI is InChI=1S/C24H22N2O3S/c1-13-5-9-17(10-6-13)20-19(21(27)18-11-7-14(2)8-12-18)22(28)23(29)26(20)24-25-15(3)16(4)30-24/h5-12,20,27H,1-4H3. The highest BCUT2D eigenvalue weighted by molar-refractivity contribution is 7.16. The van der Waals surface area contributed by atoms with Gasteiger partial charge in [0, 0.05) is 10.4 Å². The molecule has 1 aromatic heterocycles. The number of hydrogen-bond acceptors (Lipinski definition) is 5. The van der Waals surface area contributed by atoms with E-state index in [-0.39, 0.29) is 11.3 Å². The Bertz CT molecular complexity index is 1150. The van der Waals surface area contributed by atoms with Gasteiger partial charge in [0.15, 0.2) is 5.13 Å². The van der Waals surface area contributed by atoms with Gasteiger partial charge >= 0.3 is 5.91 Å². The first-order valence-corrected chi connectivity index (χ1v) is 10.5. The minimum atomic E-state index is -0.739. The molecular formula is C24H22N2O3S. The van der Waals surface area contributed by atoms with Crippen molar-refractivity contribution < 1.29 is 14.7 Å². The molecule has 152 valence electrons. The van der Waals surface area contributed by atoms with E-state index in [2.05, 4.69) is 4.98 Å². The number of anilines is 1. The van der Waals surface area contributed by atoms with Crippen molar-refractivity contribution in [3.63, 3.8) is 0 Å². The number of hydrogen-bond donors (Lipinski definition) is 1. The van der Waals surface area contributed by atoms with Crippen molar-refractivity contribution in [1.29, 1.82) is 0 Å². The number of benzene rings is 2. The van der Waals surface area contributed by atoms with Crippen molar-refractivity contribution in [3.8, 4) is 0 Å². The van der Waals surface area contributed by atoms with Crippen LogP contribution in [0.4, 0.5) is 5.13 Å². The molecule has 0 aliphatic carbocycles. The molecule has 2 heterocycles. The van der Waals surface area contributed by atoms with Crippen LogP contribution in [0, 0.1) is 27.7 Å². The second-order valence-corrected chi connectivity index (χ2v) is 8.77. The van der Waals surface area contributed by atoms with Crippen LogP contribution in [-0.2, 0) is 9.59 Å². The largest absolute Gasteiger partial charge is 0.507 e. The van der Waals surface area contributed by atoms with Crippen LogP contribution in [0.3, 0.4) is 0 Å². The van der Waals surface area contributed by atoms with Crippen LogP contribution >= 0.6 is 11.3 Å². The predicted octanol–water partition coefficient (Wildman–Crippen LogP) is 5.00. The Morgan fingerprint density at radius 3 is 2.03 bits per heavy atom. The van der Waals surface area contributed by atoms with Gasteiger partial charge in [0.05, 0.1) is 17.3 Å². The van der Waals surface area contributed by atoms with Crippen LogP contribution in [0.5, 0.6) is 0 Å². The SMILES string of the molecule is Cc1ccc(C(O)=C2C(=O)C(=O)N(c3nc(C)c(C)s3)C2c2ccc(C)cc2)cc1. The lowest BCUT2D eigenvalue weighted by Gasteiger charge is -2.23. The third-order valence-electron chi connectivity index (χ3n) is 5.39. The Morgan fingerprint density at radius 1 is 0.933 bits per heavy atom. The van der Waals surface area contributed by atoms with Crippen LogP contribution in [0.1, 0.15) is 38.9 Å². The van der Waals surface area contributed by atoms with Gasteiger partial charge in [-0.15, -0.1) is 11.3 Å². The summed E-state index contributed by atoms with van der Waals surface area (Å²) in [6.45, 7) is 7.72. The van der Waals surface area contributed by atoms with E-state index in [0.717, 1.165) is 27.3 Å². The van der Waals surface area contributed by atoms with Crippen LogP contribution in [0.2, 0.25) is 0 Å². The second kappa shape index (κ2) is 7.54. The maximum Gasteiger partial charge on any atom is 0.301 e. The van der Waals surface area contributed by atoms with E-state index in [0.29, 0.717) is 10.7 Å². The van der Waals surface area contributed by atoms with Gasteiger partial charge < -0.3 is 5.11 Å². The minimum Gasteiger partial charge on any atom is -0.507 e. The molecule has 4 rings (SSSR count). The molecule has 1 amide bonds. The Balaban J connectivity index is 1.94. The summed E-state index contributed by atoms with van der Waals surface area (Å²) in [5.41, 5.74) is 4.25. The van der Waals surface area contributed by atoms with E-state index in [1.165, 1.54) is 16.2 Å². The lowest BCUT2D eigenvalue weighted by molar-refractivity contribution is -0.132. The van der Waals surface area contributed by atoms with Gasteiger partial charge in [-0.3, -0.25) is 14.5 Å². The Hall–Kier alpha value is -3.25. The molecule has 6 heteroatoms. The molecule has 1 aliphatic rings. The van der Waals surface area contributed by atoms with E-state index >= 15 is 0 Å². The summed E-state index contributed by atoms with van der Waals surface area (Å²) in [6.07, 6.45) is 0. The summed E-state index contributed by atoms with van der Waals surface area (Å²) in [5, 5.41) is 11.5. The smallest absolute Gasteiger partial charge is 0.301 e. The van der Waals surface area contributed by atoms with Crippen molar-refractivity contribution >= 4 is 33.9 Å². The number of rotatable bonds is 3. The monoisotopic (exact) mass is 418 g/mol. The lowest BCUT2D eigenvalue weighted by atomic mass is 9.94. The zero-order chi connectivity index (χ0) is 21.6. The van der Waals surface area contributed by atoms with Gasteiger partial charge in [0.2, 0.25) is 0 Å². The zero-order valence-corrected chi connectivity index (χ0v) is 18.1. The molecule has 1 aliphatic heterocycles. The summed E-state index contributed by atoms with van der Waals surface area (Å²) in [5.74, 6) is -1.56. The van der Waals surface area contributed by atoms with E-state index in [9.17, 15) is 14.7 Å². The summed E-state index contributed by atoms with van der Waals surface area (Å²) < 4.78 is 0. The fourth-order valence-electron chi connectivity index (χ4n) is 3.52. The summed E-state index contributed by atoms with van der Waals surface area (Å²) in [4.78, 5) is 33.1. The quantitative estimate of drug-likeness (QED) is 0.369. The topological polar surface area (TPSA) is 70.5 Å². The zero-order valence-electron chi connectivity index (χ0n) is 17.3. The van der Waals surface area contributed by atoms with Crippen molar-refractivity contribution in [2.24, 2.45) is 0 Å². The molecule has 1 saturated heterocycles. The first-order chi connectivity index (χ1) is 14.3. The molecule has 1 atom stereocenters. The molecule has 1 N–H and O–H groups in total. The maximum atomic E-state index is 13.1. The maximum absolute atomic E-state index is 13.1. The molecule has 0 radical (unpaired) electrons. The number of aryl methyl sites for hydroxylation is 4. The van der Waals surface area contributed by atoms with Crippen LogP contribution in [0.15, 0.2) is 54.1 Å². The Labute approximate surface area is 179 Å². The molecule has 1 unspecified atom stereocenters. The van der Waals surface area contributed by atoms with Gasteiger partial charge in [-0.1, -0.05) is 59.7 Å². The van der Waals surface area contributed by atoms with Crippen LogP contribution < -0.4 is 4.90 Å². The van der Waals surface area contributed by atoms with E-state index in [4.69, 9.17) is 0 Å². The summed E-state index contributed by atoms with van der Waals surface area (Å²) in [6, 6.07) is 14.1. The fourth-order valence-corrected chi connectivity index (χ4v) is 4.46. The predicted molar refractivity (Wildman–Crippen MR) is 119 cm³/mol. The molecule has 0 bridgehead atoms. The molecule has 0 saturated carbocycles. The number of Topliss-reactive ketones (excluding diaryl/α,β-unsaturated/α-hetero) is 1. The number of carbonyl (C=O) groups is 2. The van der Waals surface area contributed by atoms with Gasteiger partial charge in [0.25, 0.3) is 5.78 Å². The first kappa shape index (κ1) is 20.0. The van der Waals surface area contributed by atoms with E-state index in [1.54, 1.807) is 12.1 Å². The number of carbonyl (C=O) groups excluding carboxylic acids is 2. The van der Waals surface area contributed by atoms with Crippen molar-refractivity contribution in [1.82, 2.24) is 4.98 Å². The molecule has 5 nitrogen and oxygen atoms in total. The summed E-state index contributed by atoms with van der Waals surface area (Å²) >= 11 is 1.37. The second-order valence-electron chi connectivity index (χ2n) is 7.58. The number of aromatic nitrogens is 1. The third kappa shape index (κ3) is 3.33. The average Bonchev–Trinajstić information content (AvgIpc) is 3.18. The number of amides is 1. The van der Waals surface area contributed by atoms with Crippen molar-refractivity contribution in [3.05, 3.63) is 86.9 Å². The minimum absolute atomic E-state index is 0.0817. The highest BCUT2D eigenvalue weighted by Crippen LogP contribution is 2.43. The van der Waals surface area contributed by atoms with Crippen LogP contribution in [-0.4, -0.2) is 21.8 Å². The molecule has 2 aromatic carbocycles. The van der Waals surface area contributed by atoms with E-state index in [1.807, 2.05) is 64.1 Å². The van der Waals surface area contributed by atoms with Crippen molar-refractivity contribution in [2.45, 2.75) is 33.7 Å². The molecule has 30 heavy (non-hydrogen) atoms. The number of aliphatic hydroxyl groups excluding tert-OH is 1. The average molecular weight is 419 g/mol. The number of thiazole rings is 1. The number of nitrogens with zero attached hydrogens (tertiary/aromatic N) is 2. The van der Waals surface area contributed by atoms with Gasteiger partial charge in [-0.05, 0) is 33.3 Å². The van der Waals surface area contributed by atoms with E-state index < -0.39 is 17.7 Å². The third-order valence-corrected chi connectivity index (χ3v) is 6.46. The lowest BCUT2D eigenvalue weighted by Crippen LogP contribution is -2.29. The fraction of sp³-hybridized carbons (Fsp3) is 0.208. The molecule has 0 spiro atoms. The first-order valence-electron chi connectivity index (χ1n) is 9.66. The van der Waals surface area contributed by atoms with Gasteiger partial charge in [0.1, 0.15) is 5.76 Å². The van der Waals surface area contributed by atoms with Gasteiger partial charge in [-0.25, -0.2) is 4.98 Å². The summed E-state index contributed by atoms with van der Waals surface area (Å²) in [7, 11) is 0. The Kier molecular flexibility index (Phi) is 5.03. The molecular weight excluding hydrogens is 396 g/mol. The van der Waals surface area contributed by atoms with Crippen molar-refractivity contribution in [2.75, 3.05) is 4.90 Å².